The maximum absolute atomic E-state index is 11.3. The molecule has 0 bridgehead atoms. The lowest BCUT2D eigenvalue weighted by atomic mass is 9.93. The second kappa shape index (κ2) is 6.18. The molecule has 1 amide bonds. The molecule has 5 nitrogen and oxygen atoms in total. The highest BCUT2D eigenvalue weighted by atomic mass is 16.3. The summed E-state index contributed by atoms with van der Waals surface area (Å²) in [5.41, 5.74) is 4.50. The average Bonchev–Trinajstić information content (AvgIpc) is 2.89. The standard InChI is InChI=1S/C10H17NO3.CH5N/c12-5-8-2-1-7-3-11(4-9(7)8)10(14)6-13;1-2/h7-9,12-13H,1-6H2;2H2,1H3. The molecule has 3 atom stereocenters. The summed E-state index contributed by atoms with van der Waals surface area (Å²) in [6.07, 6.45) is 2.21. The van der Waals surface area contributed by atoms with Gasteiger partial charge in [-0.1, -0.05) is 0 Å². The summed E-state index contributed by atoms with van der Waals surface area (Å²) in [5.74, 6) is 1.23. The third-order valence-corrected chi connectivity index (χ3v) is 3.73. The maximum Gasteiger partial charge on any atom is 0.248 e. The fourth-order valence-corrected chi connectivity index (χ4v) is 2.91. The average molecular weight is 230 g/mol. The Morgan fingerprint density at radius 1 is 1.31 bits per heavy atom. The van der Waals surface area contributed by atoms with Crippen molar-refractivity contribution in [2.24, 2.45) is 23.5 Å². The highest BCUT2D eigenvalue weighted by Gasteiger charge is 2.43. The second-order valence-electron chi connectivity index (χ2n) is 4.40. The molecule has 1 saturated heterocycles. The van der Waals surface area contributed by atoms with E-state index in [4.69, 9.17) is 10.2 Å². The Morgan fingerprint density at radius 3 is 2.56 bits per heavy atom. The predicted molar refractivity (Wildman–Crippen MR) is 60.6 cm³/mol. The first-order valence-electron chi connectivity index (χ1n) is 5.83. The van der Waals surface area contributed by atoms with Crippen molar-refractivity contribution < 1.29 is 15.0 Å². The topological polar surface area (TPSA) is 86.8 Å². The lowest BCUT2D eigenvalue weighted by Crippen LogP contribution is -2.32. The van der Waals surface area contributed by atoms with Gasteiger partial charge < -0.3 is 20.8 Å². The van der Waals surface area contributed by atoms with Gasteiger partial charge in [-0.05, 0) is 37.6 Å². The van der Waals surface area contributed by atoms with Crippen LogP contribution < -0.4 is 5.73 Å². The first-order chi connectivity index (χ1) is 7.76. The molecule has 94 valence electrons. The van der Waals surface area contributed by atoms with E-state index in [2.05, 4.69) is 5.73 Å². The number of amides is 1. The molecule has 4 N–H and O–H groups in total. The van der Waals surface area contributed by atoms with Gasteiger partial charge in [0.25, 0.3) is 0 Å². The fourth-order valence-electron chi connectivity index (χ4n) is 2.91. The molecule has 0 aromatic rings. The zero-order valence-corrected chi connectivity index (χ0v) is 9.80. The molecule has 2 aliphatic rings. The molecule has 0 aromatic heterocycles. The summed E-state index contributed by atoms with van der Waals surface area (Å²) in [6, 6.07) is 0. The number of nitrogens with two attached hydrogens (primary N) is 1. The van der Waals surface area contributed by atoms with Crippen LogP contribution in [-0.4, -0.2) is 54.4 Å². The van der Waals surface area contributed by atoms with Crippen molar-refractivity contribution in [1.82, 2.24) is 4.90 Å². The number of rotatable bonds is 2. The van der Waals surface area contributed by atoms with Gasteiger partial charge in [0, 0.05) is 19.7 Å². The van der Waals surface area contributed by atoms with Crippen LogP contribution in [0.2, 0.25) is 0 Å². The van der Waals surface area contributed by atoms with Crippen LogP contribution in [0.1, 0.15) is 12.8 Å². The molecule has 1 saturated carbocycles. The van der Waals surface area contributed by atoms with E-state index in [-0.39, 0.29) is 19.1 Å². The summed E-state index contributed by atoms with van der Waals surface area (Å²) in [5, 5.41) is 17.9. The molecule has 0 spiro atoms. The summed E-state index contributed by atoms with van der Waals surface area (Å²) >= 11 is 0. The zero-order chi connectivity index (χ0) is 12.1. The van der Waals surface area contributed by atoms with E-state index < -0.39 is 0 Å². The van der Waals surface area contributed by atoms with Crippen LogP contribution in [0.4, 0.5) is 0 Å². The number of hydrogen-bond donors (Lipinski definition) is 3. The third-order valence-electron chi connectivity index (χ3n) is 3.73. The smallest absolute Gasteiger partial charge is 0.248 e. The molecular weight excluding hydrogens is 208 g/mol. The number of nitrogens with zero attached hydrogens (tertiary/aromatic N) is 1. The van der Waals surface area contributed by atoms with Gasteiger partial charge in [-0.3, -0.25) is 4.79 Å². The van der Waals surface area contributed by atoms with Gasteiger partial charge >= 0.3 is 0 Å². The SMILES string of the molecule is CN.O=C(CO)N1CC2CCC(CO)C2C1. The molecule has 3 unspecified atom stereocenters. The summed E-state index contributed by atoms with van der Waals surface area (Å²) in [7, 11) is 1.50. The van der Waals surface area contributed by atoms with Gasteiger partial charge in [-0.15, -0.1) is 0 Å². The number of aliphatic hydroxyl groups is 2. The molecule has 1 aliphatic carbocycles. The second-order valence-corrected chi connectivity index (χ2v) is 4.40. The summed E-state index contributed by atoms with van der Waals surface area (Å²) in [4.78, 5) is 13.0. The van der Waals surface area contributed by atoms with E-state index in [9.17, 15) is 4.79 Å². The van der Waals surface area contributed by atoms with Crippen molar-refractivity contribution in [3.63, 3.8) is 0 Å². The number of aliphatic hydroxyl groups excluding tert-OH is 2. The lowest BCUT2D eigenvalue weighted by molar-refractivity contribution is -0.133. The lowest BCUT2D eigenvalue weighted by Gasteiger charge is -2.18. The first kappa shape index (κ1) is 13.4. The summed E-state index contributed by atoms with van der Waals surface area (Å²) in [6.45, 7) is 1.36. The molecule has 0 radical (unpaired) electrons. The van der Waals surface area contributed by atoms with Crippen LogP contribution >= 0.6 is 0 Å². The molecular formula is C11H22N2O3. The number of fused-ring (bicyclic) bond motifs is 1. The first-order valence-corrected chi connectivity index (χ1v) is 5.83. The Labute approximate surface area is 96.2 Å². The van der Waals surface area contributed by atoms with Crippen LogP contribution in [0.5, 0.6) is 0 Å². The Hall–Kier alpha value is -0.650. The van der Waals surface area contributed by atoms with Crippen molar-refractivity contribution in [3.05, 3.63) is 0 Å². The summed E-state index contributed by atoms with van der Waals surface area (Å²) < 4.78 is 0. The van der Waals surface area contributed by atoms with E-state index in [1.807, 2.05) is 0 Å². The number of likely N-dealkylation sites (tertiary alicyclic amines) is 1. The quantitative estimate of drug-likeness (QED) is 0.569. The van der Waals surface area contributed by atoms with Crippen molar-refractivity contribution in [1.29, 1.82) is 0 Å². The maximum atomic E-state index is 11.3. The Bertz CT molecular complexity index is 235. The monoisotopic (exact) mass is 230 g/mol. The van der Waals surface area contributed by atoms with Crippen molar-refractivity contribution >= 4 is 5.91 Å². The minimum Gasteiger partial charge on any atom is -0.396 e. The fraction of sp³-hybridized carbons (Fsp3) is 0.909. The Morgan fingerprint density at radius 2 is 2.00 bits per heavy atom. The zero-order valence-electron chi connectivity index (χ0n) is 9.80. The van der Waals surface area contributed by atoms with E-state index in [1.165, 1.54) is 7.05 Å². The Balaban J connectivity index is 0.000000606. The Kier molecular flexibility index (Phi) is 5.18. The minimum absolute atomic E-state index is 0.170. The van der Waals surface area contributed by atoms with Crippen LogP contribution in [0.15, 0.2) is 0 Å². The molecule has 0 aromatic carbocycles. The number of carbonyl (C=O) groups excluding carboxylic acids is 1. The number of carbonyl (C=O) groups is 1. The van der Waals surface area contributed by atoms with Crippen molar-refractivity contribution in [3.8, 4) is 0 Å². The van der Waals surface area contributed by atoms with Crippen LogP contribution in [0, 0.1) is 17.8 Å². The van der Waals surface area contributed by atoms with Gasteiger partial charge in [0.15, 0.2) is 0 Å². The molecule has 1 heterocycles. The van der Waals surface area contributed by atoms with E-state index in [1.54, 1.807) is 4.90 Å². The van der Waals surface area contributed by atoms with Crippen LogP contribution in [-0.2, 0) is 4.79 Å². The van der Waals surface area contributed by atoms with E-state index >= 15 is 0 Å². The normalized spacial score (nSPS) is 32.0. The molecule has 2 fully saturated rings. The van der Waals surface area contributed by atoms with Gasteiger partial charge in [0.05, 0.1) is 0 Å². The van der Waals surface area contributed by atoms with Crippen LogP contribution in [0.25, 0.3) is 0 Å². The van der Waals surface area contributed by atoms with Crippen molar-refractivity contribution in [2.75, 3.05) is 33.4 Å². The number of hydrogen-bond acceptors (Lipinski definition) is 4. The highest BCUT2D eigenvalue weighted by molar-refractivity contribution is 5.77. The molecule has 5 heteroatoms. The van der Waals surface area contributed by atoms with Gasteiger partial charge in [0.2, 0.25) is 5.91 Å². The van der Waals surface area contributed by atoms with E-state index in [0.717, 1.165) is 25.9 Å². The van der Waals surface area contributed by atoms with Crippen LogP contribution in [0.3, 0.4) is 0 Å². The molecule has 16 heavy (non-hydrogen) atoms. The minimum atomic E-state index is -0.386. The van der Waals surface area contributed by atoms with Crippen molar-refractivity contribution in [2.45, 2.75) is 12.8 Å². The van der Waals surface area contributed by atoms with Gasteiger partial charge in [-0.2, -0.15) is 0 Å². The predicted octanol–water partition coefficient (Wildman–Crippen LogP) is -0.969. The molecule has 2 rings (SSSR count). The van der Waals surface area contributed by atoms with E-state index in [0.29, 0.717) is 17.8 Å². The highest BCUT2D eigenvalue weighted by Crippen LogP contribution is 2.41. The molecule has 1 aliphatic heterocycles. The third kappa shape index (κ3) is 2.53. The largest absolute Gasteiger partial charge is 0.396 e. The van der Waals surface area contributed by atoms with Gasteiger partial charge in [0.1, 0.15) is 6.61 Å². The van der Waals surface area contributed by atoms with Gasteiger partial charge in [-0.25, -0.2) is 0 Å².